The number of hydrogen-bond acceptors (Lipinski definition) is 3. The minimum atomic E-state index is -0.362. The topological polar surface area (TPSA) is 49.8 Å². The van der Waals surface area contributed by atoms with Gasteiger partial charge in [-0.3, -0.25) is 4.79 Å². The molecule has 3 rings (SSSR count). The molecule has 1 aliphatic rings. The van der Waals surface area contributed by atoms with Crippen LogP contribution in [0, 0.1) is 5.92 Å². The van der Waals surface area contributed by atoms with Crippen molar-refractivity contribution in [3.63, 3.8) is 0 Å². The largest absolute Gasteiger partial charge is 0.494 e. The Kier molecular flexibility index (Phi) is 5.71. The molecule has 0 unspecified atom stereocenters. The van der Waals surface area contributed by atoms with Crippen molar-refractivity contribution in [2.45, 2.75) is 25.9 Å². The van der Waals surface area contributed by atoms with Crippen molar-refractivity contribution in [2.24, 2.45) is 5.92 Å². The van der Waals surface area contributed by atoms with Crippen LogP contribution in [0.1, 0.15) is 29.3 Å². The van der Waals surface area contributed by atoms with Gasteiger partial charge in [0.05, 0.1) is 12.7 Å². The molecule has 1 aliphatic heterocycles. The van der Waals surface area contributed by atoms with Crippen LogP contribution in [-0.2, 0) is 6.42 Å². The highest BCUT2D eigenvalue weighted by molar-refractivity contribution is 5.94. The summed E-state index contributed by atoms with van der Waals surface area (Å²) < 4.78 is 5.49. The molecule has 0 aliphatic carbocycles. The standard InChI is InChI=1S/C21H25NO3/c1-2-25-19-10-6-9-17(14-19)21(24)22-12-11-20(23)18(15-22)13-16-7-4-3-5-8-16/h3-10,14,18,20,23H,2,11-13,15H2,1H3/t18-,20+/m1/s1. The highest BCUT2D eigenvalue weighted by atomic mass is 16.5. The number of aliphatic hydroxyl groups is 1. The fraction of sp³-hybridized carbons (Fsp3) is 0.381. The van der Waals surface area contributed by atoms with Gasteiger partial charge in [0.1, 0.15) is 5.75 Å². The van der Waals surface area contributed by atoms with E-state index >= 15 is 0 Å². The van der Waals surface area contributed by atoms with Gasteiger partial charge in [-0.25, -0.2) is 0 Å². The Labute approximate surface area is 149 Å². The van der Waals surface area contributed by atoms with Crippen molar-refractivity contribution in [3.05, 3.63) is 65.7 Å². The van der Waals surface area contributed by atoms with E-state index < -0.39 is 0 Å². The minimum Gasteiger partial charge on any atom is -0.494 e. The molecule has 0 spiro atoms. The summed E-state index contributed by atoms with van der Waals surface area (Å²) in [5.41, 5.74) is 1.83. The molecule has 4 nitrogen and oxygen atoms in total. The first-order valence-electron chi connectivity index (χ1n) is 8.91. The molecule has 0 bridgehead atoms. The zero-order valence-corrected chi connectivity index (χ0v) is 14.6. The minimum absolute atomic E-state index is 0.00603. The molecule has 1 fully saturated rings. The summed E-state index contributed by atoms with van der Waals surface area (Å²) in [6.07, 6.45) is 1.04. The van der Waals surface area contributed by atoms with Crippen LogP contribution in [-0.4, -0.2) is 41.7 Å². The summed E-state index contributed by atoms with van der Waals surface area (Å²) in [6.45, 7) is 3.67. The van der Waals surface area contributed by atoms with Crippen LogP contribution in [0.3, 0.4) is 0 Å². The van der Waals surface area contributed by atoms with Crippen LogP contribution in [0.15, 0.2) is 54.6 Å². The van der Waals surface area contributed by atoms with Gasteiger partial charge in [0, 0.05) is 24.6 Å². The molecule has 4 heteroatoms. The Bertz CT molecular complexity index is 701. The summed E-state index contributed by atoms with van der Waals surface area (Å²) >= 11 is 0. The van der Waals surface area contributed by atoms with E-state index in [9.17, 15) is 9.90 Å². The van der Waals surface area contributed by atoms with Crippen LogP contribution >= 0.6 is 0 Å². The first-order valence-corrected chi connectivity index (χ1v) is 8.91. The second-order valence-corrected chi connectivity index (χ2v) is 6.52. The summed E-state index contributed by atoms with van der Waals surface area (Å²) in [4.78, 5) is 14.7. The Morgan fingerprint density at radius 2 is 2.00 bits per heavy atom. The van der Waals surface area contributed by atoms with E-state index in [0.717, 1.165) is 6.42 Å². The predicted molar refractivity (Wildman–Crippen MR) is 97.8 cm³/mol. The van der Waals surface area contributed by atoms with Gasteiger partial charge in [0.25, 0.3) is 5.91 Å². The number of ether oxygens (including phenoxy) is 1. The number of nitrogens with zero attached hydrogens (tertiary/aromatic N) is 1. The third-order valence-electron chi connectivity index (χ3n) is 4.71. The lowest BCUT2D eigenvalue weighted by Gasteiger charge is -2.36. The molecule has 1 N–H and O–H groups in total. The van der Waals surface area contributed by atoms with Crippen LogP contribution in [0.2, 0.25) is 0 Å². The first kappa shape index (κ1) is 17.5. The van der Waals surface area contributed by atoms with E-state index in [1.54, 1.807) is 6.07 Å². The van der Waals surface area contributed by atoms with Crippen LogP contribution < -0.4 is 4.74 Å². The van der Waals surface area contributed by atoms with E-state index in [1.807, 2.05) is 48.2 Å². The van der Waals surface area contributed by atoms with Gasteiger partial charge in [-0.15, -0.1) is 0 Å². The Balaban J connectivity index is 1.70. The van der Waals surface area contributed by atoms with Crippen molar-refractivity contribution >= 4 is 5.91 Å². The number of piperidine rings is 1. The van der Waals surface area contributed by atoms with Crippen molar-refractivity contribution in [2.75, 3.05) is 19.7 Å². The number of likely N-dealkylation sites (tertiary alicyclic amines) is 1. The van der Waals surface area contributed by atoms with Gasteiger partial charge in [0.2, 0.25) is 0 Å². The predicted octanol–water partition coefficient (Wildman–Crippen LogP) is 3.15. The van der Waals surface area contributed by atoms with E-state index in [2.05, 4.69) is 12.1 Å². The van der Waals surface area contributed by atoms with Crippen molar-refractivity contribution in [1.29, 1.82) is 0 Å². The highest BCUT2D eigenvalue weighted by Crippen LogP contribution is 2.24. The monoisotopic (exact) mass is 339 g/mol. The van der Waals surface area contributed by atoms with Crippen LogP contribution in [0.4, 0.5) is 0 Å². The average molecular weight is 339 g/mol. The maximum atomic E-state index is 12.8. The third-order valence-corrected chi connectivity index (χ3v) is 4.71. The van der Waals surface area contributed by atoms with E-state index in [1.165, 1.54) is 5.56 Å². The number of aliphatic hydroxyl groups excluding tert-OH is 1. The zero-order valence-electron chi connectivity index (χ0n) is 14.6. The van der Waals surface area contributed by atoms with Gasteiger partial charge in [-0.2, -0.15) is 0 Å². The number of carbonyl (C=O) groups is 1. The Hall–Kier alpha value is -2.33. The maximum absolute atomic E-state index is 12.8. The van der Waals surface area contributed by atoms with Crippen molar-refractivity contribution in [3.8, 4) is 5.75 Å². The van der Waals surface area contributed by atoms with Gasteiger partial charge in [-0.1, -0.05) is 36.4 Å². The highest BCUT2D eigenvalue weighted by Gasteiger charge is 2.30. The number of benzene rings is 2. The smallest absolute Gasteiger partial charge is 0.254 e. The molecule has 0 radical (unpaired) electrons. The van der Waals surface area contributed by atoms with Crippen molar-refractivity contribution in [1.82, 2.24) is 4.90 Å². The molecule has 2 aromatic carbocycles. The molecule has 0 aromatic heterocycles. The number of amides is 1. The SMILES string of the molecule is CCOc1cccc(C(=O)N2CC[C@H](O)[C@H](Cc3ccccc3)C2)c1. The third kappa shape index (κ3) is 4.40. The first-order chi connectivity index (χ1) is 12.2. The second-order valence-electron chi connectivity index (χ2n) is 6.52. The zero-order chi connectivity index (χ0) is 17.6. The number of carbonyl (C=O) groups excluding carboxylic acids is 1. The van der Waals surface area contributed by atoms with Gasteiger partial charge < -0.3 is 14.7 Å². The van der Waals surface area contributed by atoms with E-state index in [0.29, 0.717) is 37.4 Å². The second kappa shape index (κ2) is 8.17. The fourth-order valence-corrected chi connectivity index (χ4v) is 3.39. The lowest BCUT2D eigenvalue weighted by Crippen LogP contribution is -2.46. The van der Waals surface area contributed by atoms with Gasteiger partial charge >= 0.3 is 0 Å². The molecular weight excluding hydrogens is 314 g/mol. The van der Waals surface area contributed by atoms with Gasteiger partial charge in [0.15, 0.2) is 0 Å². The number of rotatable bonds is 5. The molecule has 1 heterocycles. The summed E-state index contributed by atoms with van der Waals surface area (Å²) in [7, 11) is 0. The Morgan fingerprint density at radius 1 is 1.20 bits per heavy atom. The lowest BCUT2D eigenvalue weighted by molar-refractivity contribution is 0.0241. The molecule has 0 saturated carbocycles. The van der Waals surface area contributed by atoms with E-state index in [-0.39, 0.29) is 17.9 Å². The molecule has 132 valence electrons. The van der Waals surface area contributed by atoms with Crippen molar-refractivity contribution < 1.29 is 14.6 Å². The average Bonchev–Trinajstić information content (AvgIpc) is 2.64. The number of hydrogen-bond donors (Lipinski definition) is 1. The van der Waals surface area contributed by atoms with Gasteiger partial charge in [-0.05, 0) is 43.5 Å². The Morgan fingerprint density at radius 3 is 2.76 bits per heavy atom. The lowest BCUT2D eigenvalue weighted by atomic mass is 9.88. The van der Waals surface area contributed by atoms with Crippen LogP contribution in [0.25, 0.3) is 0 Å². The normalized spacial score (nSPS) is 20.3. The molecule has 1 saturated heterocycles. The summed E-state index contributed by atoms with van der Waals surface area (Å²) in [5, 5.41) is 10.4. The van der Waals surface area contributed by atoms with E-state index in [4.69, 9.17) is 4.74 Å². The van der Waals surface area contributed by atoms with Crippen LogP contribution in [0.5, 0.6) is 5.75 Å². The maximum Gasteiger partial charge on any atom is 0.254 e. The molecular formula is C21H25NO3. The quantitative estimate of drug-likeness (QED) is 0.910. The fourth-order valence-electron chi connectivity index (χ4n) is 3.39. The molecule has 2 aromatic rings. The molecule has 2 atom stereocenters. The summed E-state index contributed by atoms with van der Waals surface area (Å²) in [6, 6.07) is 17.5. The summed E-state index contributed by atoms with van der Waals surface area (Å²) in [5.74, 6) is 0.785. The molecule has 1 amide bonds. The molecule has 25 heavy (non-hydrogen) atoms.